The molecule has 1 aromatic rings. The van der Waals surface area contributed by atoms with E-state index in [0.717, 1.165) is 19.4 Å². The van der Waals surface area contributed by atoms with E-state index in [9.17, 15) is 14.0 Å². The molecule has 7 heteroatoms. The average Bonchev–Trinajstić information content (AvgIpc) is 2.95. The van der Waals surface area contributed by atoms with E-state index in [4.69, 9.17) is 0 Å². The summed E-state index contributed by atoms with van der Waals surface area (Å²) in [6, 6.07) is 4.29. The minimum atomic E-state index is -0.421. The van der Waals surface area contributed by atoms with Crippen molar-refractivity contribution in [1.82, 2.24) is 15.1 Å². The predicted molar refractivity (Wildman–Crippen MR) is 83.1 cm³/mol. The van der Waals surface area contributed by atoms with Crippen LogP contribution in [0.25, 0.3) is 0 Å². The van der Waals surface area contributed by atoms with E-state index >= 15 is 0 Å². The van der Waals surface area contributed by atoms with Crippen LogP contribution in [0.1, 0.15) is 23.2 Å². The minimum absolute atomic E-state index is 0.0161. The van der Waals surface area contributed by atoms with Crippen molar-refractivity contribution < 1.29 is 14.0 Å². The molecular formula is C15H17BrFN3O2. The molecule has 0 bridgehead atoms. The fourth-order valence-corrected chi connectivity index (χ4v) is 3.46. The summed E-state index contributed by atoms with van der Waals surface area (Å²) in [6.07, 6.45) is 1.51. The fraction of sp³-hybridized carbons (Fsp3) is 0.467. The Morgan fingerprint density at radius 1 is 1.27 bits per heavy atom. The first-order chi connectivity index (χ1) is 10.6. The zero-order chi connectivity index (χ0) is 15.7. The lowest BCUT2D eigenvalue weighted by Gasteiger charge is -2.36. The summed E-state index contributed by atoms with van der Waals surface area (Å²) >= 11 is 3.30. The van der Waals surface area contributed by atoms with E-state index in [0.29, 0.717) is 29.7 Å². The van der Waals surface area contributed by atoms with Crippen molar-refractivity contribution in [3.8, 4) is 0 Å². The van der Waals surface area contributed by atoms with Crippen molar-refractivity contribution >= 4 is 27.9 Å². The Hall–Kier alpha value is -1.63. The van der Waals surface area contributed by atoms with Gasteiger partial charge in [0.05, 0.1) is 5.56 Å². The van der Waals surface area contributed by atoms with Gasteiger partial charge in [0.1, 0.15) is 5.82 Å². The van der Waals surface area contributed by atoms with Crippen molar-refractivity contribution in [3.05, 3.63) is 34.1 Å². The monoisotopic (exact) mass is 369 g/mol. The zero-order valence-corrected chi connectivity index (χ0v) is 13.6. The molecule has 2 aliphatic heterocycles. The maximum atomic E-state index is 13.3. The number of nitrogens with zero attached hydrogens (tertiary/aromatic N) is 2. The van der Waals surface area contributed by atoms with Crippen molar-refractivity contribution in [1.29, 1.82) is 0 Å². The molecule has 0 atom stereocenters. The third-order valence-electron chi connectivity index (χ3n) is 4.24. The van der Waals surface area contributed by atoms with Gasteiger partial charge in [-0.2, -0.15) is 0 Å². The Balaban J connectivity index is 1.64. The summed E-state index contributed by atoms with van der Waals surface area (Å²) in [5, 5.41) is 2.80. The Morgan fingerprint density at radius 2 is 2.00 bits per heavy atom. The minimum Gasteiger partial charge on any atom is -0.338 e. The zero-order valence-electron chi connectivity index (χ0n) is 12.0. The molecule has 2 fully saturated rings. The van der Waals surface area contributed by atoms with Crippen molar-refractivity contribution in [2.45, 2.75) is 18.9 Å². The Kier molecular flexibility index (Phi) is 4.33. The van der Waals surface area contributed by atoms with Crippen LogP contribution in [0.15, 0.2) is 22.7 Å². The molecule has 1 N–H and O–H groups in total. The van der Waals surface area contributed by atoms with Gasteiger partial charge in [0, 0.05) is 36.7 Å². The smallest absolute Gasteiger partial charge is 0.317 e. The predicted octanol–water partition coefficient (Wildman–Crippen LogP) is 2.22. The van der Waals surface area contributed by atoms with Crippen molar-refractivity contribution in [2.75, 3.05) is 26.2 Å². The van der Waals surface area contributed by atoms with E-state index in [1.54, 1.807) is 11.0 Å². The van der Waals surface area contributed by atoms with Gasteiger partial charge < -0.3 is 15.1 Å². The Morgan fingerprint density at radius 3 is 2.64 bits per heavy atom. The maximum Gasteiger partial charge on any atom is 0.317 e. The molecule has 118 valence electrons. The number of likely N-dealkylation sites (tertiary alicyclic amines) is 1. The molecule has 3 rings (SSSR count). The molecule has 2 saturated heterocycles. The summed E-state index contributed by atoms with van der Waals surface area (Å²) in [4.78, 5) is 27.8. The highest BCUT2D eigenvalue weighted by molar-refractivity contribution is 9.10. The highest BCUT2D eigenvalue weighted by Crippen LogP contribution is 2.23. The van der Waals surface area contributed by atoms with Gasteiger partial charge >= 0.3 is 6.03 Å². The lowest BCUT2D eigenvalue weighted by molar-refractivity contribution is 0.0664. The second-order valence-electron chi connectivity index (χ2n) is 5.57. The summed E-state index contributed by atoms with van der Waals surface area (Å²) in [6.45, 7) is 2.58. The van der Waals surface area contributed by atoms with Gasteiger partial charge in [-0.15, -0.1) is 0 Å². The van der Waals surface area contributed by atoms with Gasteiger partial charge in [0.2, 0.25) is 0 Å². The number of nitrogens with one attached hydrogen (secondary N) is 1. The molecule has 22 heavy (non-hydrogen) atoms. The fourth-order valence-electron chi connectivity index (χ4n) is 3.05. The standard InChI is InChI=1S/C15H17BrFN3O2/c16-13-2-1-10(17)9-12(13)14(21)19-6-3-11(4-7-19)20-8-5-18-15(20)22/h1-2,9,11H,3-8H2,(H,18,22). The molecule has 5 nitrogen and oxygen atoms in total. The van der Waals surface area contributed by atoms with E-state index in [2.05, 4.69) is 21.2 Å². The number of piperidine rings is 1. The number of hydrogen-bond acceptors (Lipinski definition) is 2. The Labute approximate surface area is 136 Å². The number of carbonyl (C=O) groups is 2. The number of hydrogen-bond donors (Lipinski definition) is 1. The molecule has 2 heterocycles. The lowest BCUT2D eigenvalue weighted by atomic mass is 10.0. The quantitative estimate of drug-likeness (QED) is 0.868. The van der Waals surface area contributed by atoms with Gasteiger partial charge in [0.15, 0.2) is 0 Å². The van der Waals surface area contributed by atoms with Gasteiger partial charge in [-0.3, -0.25) is 4.79 Å². The number of carbonyl (C=O) groups excluding carboxylic acids is 2. The molecule has 0 radical (unpaired) electrons. The molecule has 3 amide bonds. The van der Waals surface area contributed by atoms with E-state index in [-0.39, 0.29) is 18.0 Å². The van der Waals surface area contributed by atoms with Crippen LogP contribution in [0.5, 0.6) is 0 Å². The summed E-state index contributed by atoms with van der Waals surface area (Å²) in [5.74, 6) is -0.592. The third kappa shape index (κ3) is 2.95. The van der Waals surface area contributed by atoms with Crippen LogP contribution < -0.4 is 5.32 Å². The largest absolute Gasteiger partial charge is 0.338 e. The molecule has 1 aromatic carbocycles. The van der Waals surface area contributed by atoms with Crippen LogP contribution in [-0.2, 0) is 0 Å². The SMILES string of the molecule is O=C(c1cc(F)ccc1Br)N1CCC(N2CCNC2=O)CC1. The van der Waals surface area contributed by atoms with Gasteiger partial charge in [0.25, 0.3) is 5.91 Å². The van der Waals surface area contributed by atoms with Crippen LogP contribution in [0, 0.1) is 5.82 Å². The number of halogens is 2. The van der Waals surface area contributed by atoms with Crippen LogP contribution in [0.3, 0.4) is 0 Å². The second-order valence-corrected chi connectivity index (χ2v) is 6.43. The number of rotatable bonds is 2. The maximum absolute atomic E-state index is 13.3. The molecule has 0 aromatic heterocycles. The summed E-state index contributed by atoms with van der Waals surface area (Å²) < 4.78 is 13.9. The van der Waals surface area contributed by atoms with Crippen LogP contribution >= 0.6 is 15.9 Å². The van der Waals surface area contributed by atoms with E-state index < -0.39 is 5.82 Å². The second kappa shape index (κ2) is 6.24. The third-order valence-corrected chi connectivity index (χ3v) is 4.93. The van der Waals surface area contributed by atoms with E-state index in [1.807, 2.05) is 4.90 Å². The topological polar surface area (TPSA) is 52.7 Å². The first-order valence-electron chi connectivity index (χ1n) is 7.35. The molecule has 2 aliphatic rings. The van der Waals surface area contributed by atoms with Gasteiger partial charge in [-0.05, 0) is 47.0 Å². The Bertz CT molecular complexity index is 602. The van der Waals surface area contributed by atoms with Crippen LogP contribution in [-0.4, -0.2) is 54.0 Å². The highest BCUT2D eigenvalue weighted by atomic mass is 79.9. The first-order valence-corrected chi connectivity index (χ1v) is 8.14. The molecule has 0 unspecified atom stereocenters. The molecular weight excluding hydrogens is 353 g/mol. The van der Waals surface area contributed by atoms with Crippen molar-refractivity contribution in [2.24, 2.45) is 0 Å². The average molecular weight is 370 g/mol. The number of amides is 3. The molecule has 0 aliphatic carbocycles. The molecule has 0 spiro atoms. The molecule has 0 saturated carbocycles. The van der Waals surface area contributed by atoms with Crippen molar-refractivity contribution in [3.63, 3.8) is 0 Å². The van der Waals surface area contributed by atoms with Crippen LogP contribution in [0.2, 0.25) is 0 Å². The normalized spacial score (nSPS) is 19.5. The number of benzene rings is 1. The lowest BCUT2D eigenvalue weighted by Crippen LogP contribution is -2.47. The summed E-state index contributed by atoms with van der Waals surface area (Å²) in [5.41, 5.74) is 0.345. The number of urea groups is 1. The summed E-state index contributed by atoms with van der Waals surface area (Å²) in [7, 11) is 0. The van der Waals surface area contributed by atoms with Crippen LogP contribution in [0.4, 0.5) is 9.18 Å². The van der Waals surface area contributed by atoms with Gasteiger partial charge in [-0.25, -0.2) is 9.18 Å². The van der Waals surface area contributed by atoms with Gasteiger partial charge in [-0.1, -0.05) is 0 Å². The van der Waals surface area contributed by atoms with E-state index in [1.165, 1.54) is 12.1 Å². The highest BCUT2D eigenvalue weighted by Gasteiger charge is 2.32. The first kappa shape index (κ1) is 15.3.